The molecule has 0 aliphatic heterocycles. The Labute approximate surface area is 123 Å². The average Bonchev–Trinajstić information content (AvgIpc) is 2.88. The van der Waals surface area contributed by atoms with Crippen molar-refractivity contribution < 1.29 is 23.1 Å². The van der Waals surface area contributed by atoms with E-state index >= 15 is 0 Å². The van der Waals surface area contributed by atoms with E-state index in [0.29, 0.717) is 11.3 Å². The number of primary amides is 1. The zero-order chi connectivity index (χ0) is 15.6. The molecule has 0 saturated carbocycles. The van der Waals surface area contributed by atoms with E-state index in [4.69, 9.17) is 10.8 Å². The second kappa shape index (κ2) is 5.50. The summed E-state index contributed by atoms with van der Waals surface area (Å²) in [5.74, 6) is -2.27. The number of benzene rings is 1. The largest absolute Gasteiger partial charge is 0.476 e. The quantitative estimate of drug-likeness (QED) is 0.740. The molecule has 0 spiro atoms. The molecule has 1 aromatic heterocycles. The van der Waals surface area contributed by atoms with Crippen LogP contribution >= 0.6 is 11.3 Å². The van der Waals surface area contributed by atoms with Crippen molar-refractivity contribution >= 4 is 38.9 Å². The molecule has 0 fully saturated rings. The first-order valence-corrected chi connectivity index (χ1v) is 7.77. The number of carbonyl (C=O) groups is 2. The summed E-state index contributed by atoms with van der Waals surface area (Å²) in [6.07, 6.45) is 0. The molecule has 0 aliphatic rings. The summed E-state index contributed by atoms with van der Waals surface area (Å²) in [5.41, 5.74) is 5.62. The van der Waals surface area contributed by atoms with Crippen LogP contribution in [0.15, 0.2) is 34.0 Å². The summed E-state index contributed by atoms with van der Waals surface area (Å²) >= 11 is 0.660. The molecule has 1 heterocycles. The molecule has 8 nitrogen and oxygen atoms in total. The zero-order valence-electron chi connectivity index (χ0n) is 10.3. The second-order valence-electron chi connectivity index (χ2n) is 3.81. The Morgan fingerprint density at radius 1 is 1.29 bits per heavy atom. The molecule has 0 aliphatic carbocycles. The Morgan fingerprint density at radius 2 is 1.95 bits per heavy atom. The molecule has 0 unspecified atom stereocenters. The number of thiazole rings is 1. The van der Waals surface area contributed by atoms with Gasteiger partial charge in [-0.1, -0.05) is 12.1 Å². The van der Waals surface area contributed by atoms with Crippen LogP contribution in [0.3, 0.4) is 0 Å². The number of anilines is 1. The van der Waals surface area contributed by atoms with E-state index < -0.39 is 31.8 Å². The molecule has 0 saturated heterocycles. The summed E-state index contributed by atoms with van der Waals surface area (Å²) in [6, 6.07) is 5.73. The lowest BCUT2D eigenvalue weighted by Gasteiger charge is -2.09. The maximum atomic E-state index is 12.2. The highest BCUT2D eigenvalue weighted by atomic mass is 32.2. The number of carboxylic acid groups (broad SMARTS) is 1. The van der Waals surface area contributed by atoms with Crippen molar-refractivity contribution in [2.24, 2.45) is 5.73 Å². The fraction of sp³-hybridized carbons (Fsp3) is 0. The van der Waals surface area contributed by atoms with Gasteiger partial charge in [0.2, 0.25) is 0 Å². The van der Waals surface area contributed by atoms with Gasteiger partial charge >= 0.3 is 5.97 Å². The second-order valence-corrected chi connectivity index (χ2v) is 6.54. The number of para-hydroxylation sites is 1. The minimum atomic E-state index is -4.18. The highest BCUT2D eigenvalue weighted by molar-refractivity contribution is 7.94. The fourth-order valence-corrected chi connectivity index (χ4v) is 3.77. The molecular weight excluding hydrogens is 318 g/mol. The molecule has 2 aromatic rings. The summed E-state index contributed by atoms with van der Waals surface area (Å²) in [6.45, 7) is 0. The average molecular weight is 327 g/mol. The lowest BCUT2D eigenvalue weighted by Crippen LogP contribution is -2.19. The van der Waals surface area contributed by atoms with Crippen LogP contribution in [0.25, 0.3) is 0 Å². The minimum Gasteiger partial charge on any atom is -0.476 e. The number of nitrogens with two attached hydrogens (primary N) is 1. The molecule has 2 rings (SSSR count). The number of aromatic nitrogens is 1. The van der Waals surface area contributed by atoms with E-state index in [2.05, 4.69) is 9.71 Å². The van der Waals surface area contributed by atoms with E-state index in [1.54, 1.807) is 0 Å². The number of rotatable bonds is 5. The van der Waals surface area contributed by atoms with Crippen LogP contribution in [0.5, 0.6) is 0 Å². The van der Waals surface area contributed by atoms with Crippen LogP contribution in [0.1, 0.15) is 20.8 Å². The molecule has 1 amide bonds. The van der Waals surface area contributed by atoms with Crippen molar-refractivity contribution in [3.05, 3.63) is 41.0 Å². The van der Waals surface area contributed by atoms with Gasteiger partial charge in [-0.2, -0.15) is 0 Å². The third-order valence-electron chi connectivity index (χ3n) is 2.42. The van der Waals surface area contributed by atoms with Crippen LogP contribution in [0, 0.1) is 0 Å². The first-order valence-electron chi connectivity index (χ1n) is 5.41. The predicted octanol–water partition coefficient (Wildman–Crippen LogP) is 0.741. The van der Waals surface area contributed by atoms with Crippen LogP contribution in [-0.2, 0) is 10.0 Å². The van der Waals surface area contributed by atoms with E-state index in [-0.39, 0.29) is 11.3 Å². The van der Waals surface area contributed by atoms with E-state index in [1.165, 1.54) is 24.3 Å². The topological polar surface area (TPSA) is 139 Å². The van der Waals surface area contributed by atoms with Gasteiger partial charge in [0.15, 0.2) is 9.90 Å². The number of hydrogen-bond acceptors (Lipinski definition) is 6. The van der Waals surface area contributed by atoms with Crippen molar-refractivity contribution in [1.29, 1.82) is 0 Å². The SMILES string of the molecule is NC(=O)c1ccccc1NS(=O)(=O)c1scnc1C(=O)O. The predicted molar refractivity (Wildman–Crippen MR) is 74.8 cm³/mol. The monoisotopic (exact) mass is 327 g/mol. The number of carboxylic acids is 1. The number of carbonyl (C=O) groups excluding carboxylic acids is 1. The maximum Gasteiger partial charge on any atom is 0.356 e. The van der Waals surface area contributed by atoms with Crippen molar-refractivity contribution in [2.45, 2.75) is 4.21 Å². The van der Waals surface area contributed by atoms with Gasteiger partial charge in [-0.3, -0.25) is 9.52 Å². The summed E-state index contributed by atoms with van der Waals surface area (Å²) in [5, 5.41) is 8.90. The fourth-order valence-electron chi connectivity index (χ4n) is 1.55. The van der Waals surface area contributed by atoms with Crippen LogP contribution < -0.4 is 10.5 Å². The van der Waals surface area contributed by atoms with Crippen molar-refractivity contribution in [3.8, 4) is 0 Å². The molecule has 10 heteroatoms. The Hall–Kier alpha value is -2.46. The Bertz CT molecular complexity index is 813. The van der Waals surface area contributed by atoms with Gasteiger partial charge < -0.3 is 10.8 Å². The Balaban J connectivity index is 2.46. The number of hydrogen-bond donors (Lipinski definition) is 3. The van der Waals surface area contributed by atoms with Gasteiger partial charge in [0.05, 0.1) is 16.8 Å². The summed E-state index contributed by atoms with van der Waals surface area (Å²) in [7, 11) is -4.18. The van der Waals surface area contributed by atoms with Gasteiger partial charge in [0.1, 0.15) is 0 Å². The highest BCUT2D eigenvalue weighted by Crippen LogP contribution is 2.24. The maximum absolute atomic E-state index is 12.2. The Kier molecular flexibility index (Phi) is 3.91. The zero-order valence-corrected chi connectivity index (χ0v) is 11.9. The van der Waals surface area contributed by atoms with Gasteiger partial charge in [-0.25, -0.2) is 18.2 Å². The molecular formula is C11H9N3O5S2. The normalized spacial score (nSPS) is 11.0. The third-order valence-corrected chi connectivity index (χ3v) is 5.15. The lowest BCUT2D eigenvalue weighted by molar-refractivity contribution is 0.0687. The first kappa shape index (κ1) is 14.9. The summed E-state index contributed by atoms with van der Waals surface area (Å²) < 4.78 is 26.1. The van der Waals surface area contributed by atoms with Crippen LogP contribution in [-0.4, -0.2) is 30.4 Å². The van der Waals surface area contributed by atoms with Crippen molar-refractivity contribution in [3.63, 3.8) is 0 Å². The first-order chi connectivity index (χ1) is 9.83. The van der Waals surface area contributed by atoms with Crippen LogP contribution in [0.4, 0.5) is 5.69 Å². The van der Waals surface area contributed by atoms with Crippen molar-refractivity contribution in [2.75, 3.05) is 4.72 Å². The lowest BCUT2D eigenvalue weighted by atomic mass is 10.2. The van der Waals surface area contributed by atoms with E-state index in [1.807, 2.05) is 0 Å². The molecule has 21 heavy (non-hydrogen) atoms. The molecule has 4 N–H and O–H groups in total. The molecule has 0 bridgehead atoms. The molecule has 110 valence electrons. The number of nitrogens with one attached hydrogen (secondary N) is 1. The van der Waals surface area contributed by atoms with Crippen molar-refractivity contribution in [1.82, 2.24) is 4.98 Å². The van der Waals surface area contributed by atoms with E-state index in [9.17, 15) is 18.0 Å². The highest BCUT2D eigenvalue weighted by Gasteiger charge is 2.26. The Morgan fingerprint density at radius 3 is 2.57 bits per heavy atom. The van der Waals surface area contributed by atoms with Gasteiger partial charge in [-0.15, -0.1) is 11.3 Å². The molecule has 0 radical (unpaired) electrons. The molecule has 1 aromatic carbocycles. The number of sulfonamides is 1. The third kappa shape index (κ3) is 3.01. The number of amides is 1. The standard InChI is InChI=1S/C11H9N3O5S2/c12-9(15)6-3-1-2-4-7(6)14-21(18,19)11-8(10(16)17)13-5-20-11/h1-5,14H,(H2,12,15)(H,16,17). The van der Waals surface area contributed by atoms with Gasteiger partial charge in [0, 0.05) is 0 Å². The van der Waals surface area contributed by atoms with E-state index in [0.717, 1.165) is 5.51 Å². The number of nitrogens with zero attached hydrogens (tertiary/aromatic N) is 1. The minimum absolute atomic E-state index is 0.0255. The smallest absolute Gasteiger partial charge is 0.356 e. The summed E-state index contributed by atoms with van der Waals surface area (Å²) in [4.78, 5) is 25.7. The van der Waals surface area contributed by atoms with Crippen LogP contribution in [0.2, 0.25) is 0 Å². The van der Waals surface area contributed by atoms with Gasteiger partial charge in [0.25, 0.3) is 15.9 Å². The van der Waals surface area contributed by atoms with Gasteiger partial charge in [-0.05, 0) is 12.1 Å². The number of aromatic carboxylic acids is 1. The molecule has 0 atom stereocenters.